The number of benzene rings is 1. The second-order valence-electron chi connectivity index (χ2n) is 2.32. The van der Waals surface area contributed by atoms with Crippen molar-refractivity contribution in [2.45, 2.75) is 17.3 Å². The minimum absolute atomic E-state index is 0.445. The topological polar surface area (TPSA) is 20.2 Å². The molecule has 1 nitrogen and oxygen atoms in total. The van der Waals surface area contributed by atoms with Gasteiger partial charge in [-0.1, -0.05) is 35.0 Å². The van der Waals surface area contributed by atoms with E-state index in [9.17, 15) is 0 Å². The molecule has 1 aromatic carbocycles. The van der Waals surface area contributed by atoms with E-state index in [1.807, 2.05) is 0 Å². The van der Waals surface area contributed by atoms with Crippen LogP contribution in [0.5, 0.6) is 0 Å². The van der Waals surface area contributed by atoms with E-state index in [4.69, 9.17) is 28.3 Å². The van der Waals surface area contributed by atoms with Crippen molar-refractivity contribution < 1.29 is 5.11 Å². The summed E-state index contributed by atoms with van der Waals surface area (Å²) in [7, 11) is 0. The normalized spacial score (nSPS) is 13.0. The van der Waals surface area contributed by atoms with Crippen molar-refractivity contribution in [3.8, 4) is 0 Å². The largest absolute Gasteiger partial charge is 0.382 e. The number of thioether (sulfide) groups is 1. The van der Waals surface area contributed by atoms with Crippen LogP contribution in [0.25, 0.3) is 0 Å². The lowest BCUT2D eigenvalue weighted by Gasteiger charge is -2.04. The highest BCUT2D eigenvalue weighted by molar-refractivity contribution is 7.99. The molecule has 66 valence electrons. The molecule has 1 aromatic rings. The molecule has 0 saturated heterocycles. The van der Waals surface area contributed by atoms with E-state index < -0.39 is 5.44 Å². The van der Waals surface area contributed by atoms with E-state index in [0.29, 0.717) is 10.0 Å². The van der Waals surface area contributed by atoms with Gasteiger partial charge in [-0.25, -0.2) is 0 Å². The van der Waals surface area contributed by atoms with Crippen LogP contribution >= 0.6 is 35.0 Å². The fourth-order valence-electron chi connectivity index (χ4n) is 0.794. The van der Waals surface area contributed by atoms with Crippen LogP contribution in [0.2, 0.25) is 10.0 Å². The summed E-state index contributed by atoms with van der Waals surface area (Å²) in [5.41, 5.74) is -0.445. The van der Waals surface area contributed by atoms with Crippen molar-refractivity contribution in [3.63, 3.8) is 0 Å². The van der Waals surface area contributed by atoms with Crippen LogP contribution < -0.4 is 0 Å². The molecule has 0 radical (unpaired) electrons. The van der Waals surface area contributed by atoms with Crippen molar-refractivity contribution in [2.75, 3.05) is 0 Å². The first-order valence-corrected chi connectivity index (χ1v) is 5.02. The third-order valence-corrected chi connectivity index (χ3v) is 2.43. The predicted molar refractivity (Wildman–Crippen MR) is 54.0 cm³/mol. The van der Waals surface area contributed by atoms with Crippen LogP contribution in [0, 0.1) is 0 Å². The van der Waals surface area contributed by atoms with Gasteiger partial charge in [-0.3, -0.25) is 0 Å². The molecule has 1 N–H and O–H groups in total. The van der Waals surface area contributed by atoms with Gasteiger partial charge in [0.15, 0.2) is 0 Å². The Hall–Kier alpha value is 0.110. The molecule has 0 bridgehead atoms. The van der Waals surface area contributed by atoms with Crippen molar-refractivity contribution >= 4 is 35.0 Å². The molecule has 0 aliphatic carbocycles. The van der Waals surface area contributed by atoms with Crippen LogP contribution in [-0.2, 0) is 0 Å². The number of rotatable bonds is 2. The molecule has 0 heterocycles. The first-order chi connectivity index (χ1) is 5.58. The molecular formula is C8H8Cl2OS. The zero-order valence-electron chi connectivity index (χ0n) is 6.42. The zero-order chi connectivity index (χ0) is 9.14. The quantitative estimate of drug-likeness (QED) is 0.612. The minimum atomic E-state index is -0.445. The lowest BCUT2D eigenvalue weighted by atomic mass is 10.4. The maximum Gasteiger partial charge on any atom is 0.101 e. The number of aliphatic hydroxyl groups is 1. The fraction of sp³-hybridized carbons (Fsp3) is 0.250. The van der Waals surface area contributed by atoms with Crippen molar-refractivity contribution in [1.29, 1.82) is 0 Å². The van der Waals surface area contributed by atoms with E-state index in [1.54, 1.807) is 25.1 Å². The number of hydrogen-bond acceptors (Lipinski definition) is 2. The molecule has 1 rings (SSSR count). The Balaban J connectivity index is 2.85. The molecule has 0 unspecified atom stereocenters. The lowest BCUT2D eigenvalue weighted by molar-refractivity contribution is 0.284. The third kappa shape index (κ3) is 3.23. The maximum absolute atomic E-state index is 9.06. The van der Waals surface area contributed by atoms with Gasteiger partial charge in [0.25, 0.3) is 0 Å². The van der Waals surface area contributed by atoms with Crippen LogP contribution in [0.3, 0.4) is 0 Å². The Labute approximate surface area is 85.7 Å². The van der Waals surface area contributed by atoms with E-state index in [0.717, 1.165) is 4.90 Å². The fourth-order valence-corrected chi connectivity index (χ4v) is 2.23. The lowest BCUT2D eigenvalue weighted by Crippen LogP contribution is -1.90. The Kier molecular flexibility index (Phi) is 3.72. The second-order valence-corrected chi connectivity index (χ2v) is 4.58. The highest BCUT2D eigenvalue weighted by Crippen LogP contribution is 2.28. The van der Waals surface area contributed by atoms with Crippen LogP contribution in [0.15, 0.2) is 23.1 Å². The standard InChI is InChI=1S/C8H8Cl2OS/c1-5(11)12-8-3-6(9)2-7(10)4-8/h2-5,11H,1H3/t5-/m1/s1. The SMILES string of the molecule is C[C@H](O)Sc1cc(Cl)cc(Cl)c1. The van der Waals surface area contributed by atoms with Crippen LogP contribution in [-0.4, -0.2) is 10.5 Å². The predicted octanol–water partition coefficient (Wildman–Crippen LogP) is 3.42. The molecule has 0 saturated carbocycles. The van der Waals surface area contributed by atoms with Crippen molar-refractivity contribution in [1.82, 2.24) is 0 Å². The average Bonchev–Trinajstić information content (AvgIpc) is 1.81. The van der Waals surface area contributed by atoms with E-state index in [-0.39, 0.29) is 0 Å². The monoisotopic (exact) mass is 222 g/mol. The second kappa shape index (κ2) is 4.38. The average molecular weight is 223 g/mol. The van der Waals surface area contributed by atoms with Gasteiger partial charge in [0, 0.05) is 14.9 Å². The Morgan fingerprint density at radius 2 is 1.75 bits per heavy atom. The molecule has 0 amide bonds. The number of halogens is 2. The summed E-state index contributed by atoms with van der Waals surface area (Å²) in [5, 5.41) is 10.2. The number of aliphatic hydroxyl groups excluding tert-OH is 1. The number of hydrogen-bond donors (Lipinski definition) is 1. The first kappa shape index (κ1) is 10.2. The first-order valence-electron chi connectivity index (χ1n) is 3.39. The summed E-state index contributed by atoms with van der Waals surface area (Å²) in [4.78, 5) is 0.877. The van der Waals surface area contributed by atoms with Gasteiger partial charge >= 0.3 is 0 Å². The zero-order valence-corrected chi connectivity index (χ0v) is 8.75. The minimum Gasteiger partial charge on any atom is -0.382 e. The summed E-state index contributed by atoms with van der Waals surface area (Å²) in [6.07, 6.45) is 0. The summed E-state index contributed by atoms with van der Waals surface area (Å²) in [6.45, 7) is 1.69. The van der Waals surface area contributed by atoms with Crippen LogP contribution in [0.1, 0.15) is 6.92 Å². The molecule has 0 fully saturated rings. The molecule has 4 heteroatoms. The summed E-state index contributed by atoms with van der Waals surface area (Å²) >= 11 is 12.8. The summed E-state index contributed by atoms with van der Waals surface area (Å²) < 4.78 is 0. The molecule has 0 spiro atoms. The Morgan fingerprint density at radius 3 is 2.17 bits per heavy atom. The smallest absolute Gasteiger partial charge is 0.101 e. The van der Waals surface area contributed by atoms with Crippen molar-refractivity contribution in [2.24, 2.45) is 0 Å². The highest BCUT2D eigenvalue weighted by Gasteiger charge is 2.01. The van der Waals surface area contributed by atoms with Crippen molar-refractivity contribution in [3.05, 3.63) is 28.2 Å². The summed E-state index contributed by atoms with van der Waals surface area (Å²) in [6, 6.07) is 5.20. The van der Waals surface area contributed by atoms with E-state index in [2.05, 4.69) is 0 Å². The van der Waals surface area contributed by atoms with Gasteiger partial charge in [0.05, 0.1) is 0 Å². The van der Waals surface area contributed by atoms with Gasteiger partial charge < -0.3 is 5.11 Å². The highest BCUT2D eigenvalue weighted by atomic mass is 35.5. The molecular weight excluding hydrogens is 215 g/mol. The molecule has 12 heavy (non-hydrogen) atoms. The van der Waals surface area contributed by atoms with Gasteiger partial charge in [-0.05, 0) is 25.1 Å². The van der Waals surface area contributed by atoms with Gasteiger partial charge in [0.2, 0.25) is 0 Å². The Bertz CT molecular complexity index is 256. The van der Waals surface area contributed by atoms with Gasteiger partial charge in [-0.15, -0.1) is 0 Å². The maximum atomic E-state index is 9.06. The van der Waals surface area contributed by atoms with Crippen LogP contribution in [0.4, 0.5) is 0 Å². The summed E-state index contributed by atoms with van der Waals surface area (Å²) in [5.74, 6) is 0. The molecule has 0 aliphatic heterocycles. The van der Waals surface area contributed by atoms with E-state index in [1.165, 1.54) is 11.8 Å². The molecule has 0 aliphatic rings. The Morgan fingerprint density at radius 1 is 1.25 bits per heavy atom. The third-order valence-electron chi connectivity index (χ3n) is 1.14. The van der Waals surface area contributed by atoms with Gasteiger partial charge in [0.1, 0.15) is 5.44 Å². The molecule has 0 aromatic heterocycles. The molecule has 1 atom stereocenters. The van der Waals surface area contributed by atoms with Gasteiger partial charge in [-0.2, -0.15) is 0 Å². The van der Waals surface area contributed by atoms with E-state index >= 15 is 0 Å².